The molecule has 5 atom stereocenters. The third-order valence-corrected chi connectivity index (χ3v) is 7.65. The van der Waals surface area contributed by atoms with Crippen LogP contribution in [0, 0.1) is 28.6 Å². The molecule has 0 aromatic carbocycles. The molecule has 0 radical (unpaired) electrons. The van der Waals surface area contributed by atoms with E-state index in [1.165, 1.54) is 31.3 Å². The van der Waals surface area contributed by atoms with Crippen molar-refractivity contribution in [3.8, 4) is 0 Å². The molecule has 3 fully saturated rings. The molecule has 28 heavy (non-hydrogen) atoms. The van der Waals surface area contributed by atoms with Gasteiger partial charge in [0, 0.05) is 6.42 Å². The molecule has 0 aromatic heterocycles. The second-order valence-electron chi connectivity index (χ2n) is 11.2. The van der Waals surface area contributed by atoms with Gasteiger partial charge >= 0.3 is 11.9 Å². The molecule has 0 aromatic rings. The van der Waals surface area contributed by atoms with Gasteiger partial charge < -0.3 is 9.47 Å². The Morgan fingerprint density at radius 3 is 2.64 bits per heavy atom. The van der Waals surface area contributed by atoms with Crippen molar-refractivity contribution in [1.29, 1.82) is 0 Å². The molecule has 4 rings (SSSR count). The number of carbonyl (C=O) groups is 2. The van der Waals surface area contributed by atoms with Crippen LogP contribution < -0.4 is 0 Å². The van der Waals surface area contributed by atoms with Crippen LogP contribution in [0.3, 0.4) is 0 Å². The highest BCUT2D eigenvalue weighted by molar-refractivity contribution is 5.81. The number of allylic oxidation sites excluding steroid dienone is 1. The Morgan fingerprint density at radius 2 is 2.00 bits per heavy atom. The van der Waals surface area contributed by atoms with Gasteiger partial charge in [0.15, 0.2) is 0 Å². The highest BCUT2D eigenvalue weighted by Gasteiger charge is 2.59. The SMILES string of the molecule is CC(C)CC(=O)O[C@H]1CCC([C@@]2(C)CCCC(C)(C)C2)=C2C[C@H]3C(=O)O[C@H]3[C@@H]21. The van der Waals surface area contributed by atoms with E-state index < -0.39 is 0 Å². The van der Waals surface area contributed by atoms with Gasteiger partial charge in [0.25, 0.3) is 0 Å². The third kappa shape index (κ3) is 3.41. The monoisotopic (exact) mass is 388 g/mol. The lowest BCUT2D eigenvalue weighted by atomic mass is 9.58. The minimum Gasteiger partial charge on any atom is -0.462 e. The zero-order valence-electron chi connectivity index (χ0n) is 18.2. The van der Waals surface area contributed by atoms with Gasteiger partial charge in [0.05, 0.1) is 11.8 Å². The second-order valence-corrected chi connectivity index (χ2v) is 11.2. The summed E-state index contributed by atoms with van der Waals surface area (Å²) in [6.07, 6.45) is 7.90. The summed E-state index contributed by atoms with van der Waals surface area (Å²) >= 11 is 0. The lowest BCUT2D eigenvalue weighted by Crippen LogP contribution is -2.49. The zero-order chi connectivity index (χ0) is 20.3. The normalized spacial score (nSPS) is 39.1. The summed E-state index contributed by atoms with van der Waals surface area (Å²) in [6, 6.07) is 0. The molecule has 4 heteroatoms. The van der Waals surface area contributed by atoms with Gasteiger partial charge in [-0.1, -0.05) is 52.2 Å². The second kappa shape index (κ2) is 6.88. The van der Waals surface area contributed by atoms with Crippen molar-refractivity contribution in [3.63, 3.8) is 0 Å². The molecule has 156 valence electrons. The molecule has 1 saturated heterocycles. The Hall–Kier alpha value is -1.32. The lowest BCUT2D eigenvalue weighted by molar-refractivity contribution is -0.189. The van der Waals surface area contributed by atoms with Crippen molar-refractivity contribution in [2.24, 2.45) is 28.6 Å². The van der Waals surface area contributed by atoms with Gasteiger partial charge in [-0.2, -0.15) is 0 Å². The number of esters is 2. The van der Waals surface area contributed by atoms with Gasteiger partial charge in [-0.3, -0.25) is 9.59 Å². The third-order valence-electron chi connectivity index (χ3n) is 7.65. The predicted octanol–water partition coefficient (Wildman–Crippen LogP) is 5.20. The van der Waals surface area contributed by atoms with Crippen LogP contribution in [-0.2, 0) is 19.1 Å². The summed E-state index contributed by atoms with van der Waals surface area (Å²) in [6.45, 7) is 11.3. The smallest absolute Gasteiger partial charge is 0.313 e. The van der Waals surface area contributed by atoms with E-state index in [9.17, 15) is 9.59 Å². The first kappa shape index (κ1) is 20.0. The maximum absolute atomic E-state index is 12.4. The molecular formula is C24H36O4. The first-order valence-corrected chi connectivity index (χ1v) is 11.2. The average molecular weight is 389 g/mol. The Balaban J connectivity index is 1.63. The molecule has 0 bridgehead atoms. The van der Waals surface area contributed by atoms with E-state index in [0.717, 1.165) is 19.3 Å². The first-order chi connectivity index (χ1) is 13.1. The van der Waals surface area contributed by atoms with Crippen LogP contribution in [0.5, 0.6) is 0 Å². The minimum absolute atomic E-state index is 0.0143. The fourth-order valence-electron chi connectivity index (χ4n) is 6.67. The van der Waals surface area contributed by atoms with E-state index in [4.69, 9.17) is 9.47 Å². The Bertz CT molecular complexity index is 703. The van der Waals surface area contributed by atoms with Crippen molar-refractivity contribution in [1.82, 2.24) is 0 Å². The van der Waals surface area contributed by atoms with Crippen molar-refractivity contribution in [3.05, 3.63) is 11.1 Å². The first-order valence-electron chi connectivity index (χ1n) is 11.2. The minimum atomic E-state index is -0.131. The maximum atomic E-state index is 12.4. The largest absolute Gasteiger partial charge is 0.462 e. The topological polar surface area (TPSA) is 52.6 Å². The molecule has 1 heterocycles. The predicted molar refractivity (Wildman–Crippen MR) is 107 cm³/mol. The average Bonchev–Trinajstić information content (AvgIpc) is 2.86. The standard InChI is InChI=1S/C24H36O4/c1-14(2)11-19(25)27-18-8-7-17(24(5)10-6-9-23(3,4)13-24)15-12-16-21(20(15)18)28-22(16)26/h14,16,18,20-21H,6-13H2,1-5H3/t16-,18+,20+,21-,24+/m1/s1. The van der Waals surface area contributed by atoms with Crippen LogP contribution in [0.1, 0.15) is 86.0 Å². The number of hydrogen-bond donors (Lipinski definition) is 0. The van der Waals surface area contributed by atoms with Crippen molar-refractivity contribution in [2.45, 2.75) is 98.2 Å². The van der Waals surface area contributed by atoms with Crippen LogP contribution >= 0.6 is 0 Å². The molecule has 1 aliphatic heterocycles. The maximum Gasteiger partial charge on any atom is 0.313 e. The molecule has 0 spiro atoms. The van der Waals surface area contributed by atoms with Crippen LogP contribution in [0.15, 0.2) is 11.1 Å². The van der Waals surface area contributed by atoms with Gasteiger partial charge in [-0.25, -0.2) is 0 Å². The molecule has 4 nitrogen and oxygen atoms in total. The molecule has 3 aliphatic carbocycles. The molecule has 4 aliphatic rings. The number of ether oxygens (including phenoxy) is 2. The summed E-state index contributed by atoms with van der Waals surface area (Å²) < 4.78 is 11.5. The summed E-state index contributed by atoms with van der Waals surface area (Å²) in [7, 11) is 0. The van der Waals surface area contributed by atoms with Gasteiger partial charge in [-0.05, 0) is 55.3 Å². The van der Waals surface area contributed by atoms with Crippen LogP contribution in [0.25, 0.3) is 0 Å². The number of rotatable bonds is 4. The van der Waals surface area contributed by atoms with Crippen LogP contribution in [-0.4, -0.2) is 24.1 Å². The Labute approximate surface area is 169 Å². The Morgan fingerprint density at radius 1 is 1.25 bits per heavy atom. The molecule has 0 unspecified atom stereocenters. The van der Waals surface area contributed by atoms with Gasteiger partial charge in [0.1, 0.15) is 12.2 Å². The van der Waals surface area contributed by atoms with E-state index in [1.54, 1.807) is 5.57 Å². The van der Waals surface area contributed by atoms with Gasteiger partial charge in [-0.15, -0.1) is 0 Å². The van der Waals surface area contributed by atoms with E-state index in [1.807, 2.05) is 13.8 Å². The summed E-state index contributed by atoms with van der Waals surface area (Å²) in [5.74, 6) is 0.196. The van der Waals surface area contributed by atoms with Crippen LogP contribution in [0.4, 0.5) is 0 Å². The van der Waals surface area contributed by atoms with Crippen molar-refractivity contribution >= 4 is 11.9 Å². The van der Waals surface area contributed by atoms with Crippen molar-refractivity contribution in [2.75, 3.05) is 0 Å². The molecule has 0 amide bonds. The highest BCUT2D eigenvalue weighted by Crippen LogP contribution is 2.59. The Kier molecular flexibility index (Phi) is 4.91. The van der Waals surface area contributed by atoms with E-state index in [-0.39, 0.29) is 41.4 Å². The van der Waals surface area contributed by atoms with E-state index >= 15 is 0 Å². The van der Waals surface area contributed by atoms with Gasteiger partial charge in [0.2, 0.25) is 0 Å². The fourth-order valence-corrected chi connectivity index (χ4v) is 6.67. The van der Waals surface area contributed by atoms with Crippen molar-refractivity contribution < 1.29 is 19.1 Å². The summed E-state index contributed by atoms with van der Waals surface area (Å²) in [4.78, 5) is 24.4. The zero-order valence-corrected chi connectivity index (χ0v) is 18.2. The fraction of sp³-hybridized carbons (Fsp3) is 0.833. The number of hydrogen-bond acceptors (Lipinski definition) is 4. The highest BCUT2D eigenvalue weighted by atomic mass is 16.6. The van der Waals surface area contributed by atoms with E-state index in [0.29, 0.717) is 17.8 Å². The van der Waals surface area contributed by atoms with E-state index in [2.05, 4.69) is 20.8 Å². The quantitative estimate of drug-likeness (QED) is 0.490. The molecular weight excluding hydrogens is 352 g/mol. The summed E-state index contributed by atoms with van der Waals surface area (Å²) in [5, 5.41) is 0. The molecule has 2 saturated carbocycles. The lowest BCUT2D eigenvalue weighted by Gasteiger charge is -2.48. The number of fused-ring (bicyclic) bond motifs is 3. The summed E-state index contributed by atoms with van der Waals surface area (Å²) in [5.41, 5.74) is 3.53. The molecule has 0 N–H and O–H groups in total. The number of carbonyl (C=O) groups excluding carboxylic acids is 2. The van der Waals surface area contributed by atoms with Crippen LogP contribution in [0.2, 0.25) is 0 Å².